The van der Waals surface area contributed by atoms with Crippen molar-refractivity contribution in [1.29, 1.82) is 0 Å². The maximum atomic E-state index is 12.3. The molecule has 0 heterocycles. The van der Waals surface area contributed by atoms with Gasteiger partial charge in [-0.2, -0.15) is 0 Å². The summed E-state index contributed by atoms with van der Waals surface area (Å²) in [5.41, 5.74) is 0. The highest BCUT2D eigenvalue weighted by atomic mass is 16.5. The van der Waals surface area contributed by atoms with Gasteiger partial charge >= 0.3 is 5.97 Å². The van der Waals surface area contributed by atoms with Gasteiger partial charge in [0.25, 0.3) is 5.91 Å². The molecule has 1 aliphatic carbocycles. The Morgan fingerprint density at radius 3 is 2.33 bits per heavy atom. The van der Waals surface area contributed by atoms with Crippen molar-refractivity contribution in [3.8, 4) is 11.5 Å². The molecule has 0 radical (unpaired) electrons. The van der Waals surface area contributed by atoms with Crippen LogP contribution in [-0.4, -0.2) is 47.7 Å². The first-order chi connectivity index (χ1) is 10.0. The number of methoxy groups -OCH3 is 1. The van der Waals surface area contributed by atoms with E-state index >= 15 is 0 Å². The van der Waals surface area contributed by atoms with E-state index in [1.807, 2.05) is 0 Å². The van der Waals surface area contributed by atoms with Gasteiger partial charge in [-0.05, 0) is 44.0 Å². The zero-order chi connectivity index (χ0) is 15.4. The summed E-state index contributed by atoms with van der Waals surface area (Å²) in [6, 6.07) is 6.93. The van der Waals surface area contributed by atoms with E-state index in [1.54, 1.807) is 38.3 Å². The van der Waals surface area contributed by atoms with Crippen LogP contribution in [0, 0.1) is 0 Å². The monoisotopic (exact) mass is 293 g/mol. The topological polar surface area (TPSA) is 76.1 Å². The van der Waals surface area contributed by atoms with E-state index in [1.165, 1.54) is 4.90 Å². The van der Waals surface area contributed by atoms with Gasteiger partial charge in [-0.3, -0.25) is 9.59 Å². The lowest BCUT2D eigenvalue weighted by Crippen LogP contribution is -2.44. The van der Waals surface area contributed by atoms with Crippen molar-refractivity contribution in [2.24, 2.45) is 0 Å². The first-order valence-electron chi connectivity index (χ1n) is 6.84. The fourth-order valence-corrected chi connectivity index (χ4v) is 2.06. The van der Waals surface area contributed by atoms with Crippen molar-refractivity contribution in [1.82, 2.24) is 4.90 Å². The Morgan fingerprint density at radius 1 is 1.29 bits per heavy atom. The molecule has 6 heteroatoms. The molecule has 1 atom stereocenters. The van der Waals surface area contributed by atoms with Gasteiger partial charge in [0.05, 0.1) is 7.11 Å². The van der Waals surface area contributed by atoms with Crippen LogP contribution in [0.5, 0.6) is 11.5 Å². The van der Waals surface area contributed by atoms with E-state index in [-0.39, 0.29) is 18.5 Å². The van der Waals surface area contributed by atoms with Crippen molar-refractivity contribution in [2.45, 2.75) is 31.9 Å². The van der Waals surface area contributed by atoms with Crippen molar-refractivity contribution in [2.75, 3.05) is 13.7 Å². The minimum Gasteiger partial charge on any atom is -0.497 e. The van der Waals surface area contributed by atoms with E-state index < -0.39 is 12.1 Å². The van der Waals surface area contributed by atoms with E-state index in [4.69, 9.17) is 14.6 Å². The molecule has 1 amide bonds. The van der Waals surface area contributed by atoms with Crippen LogP contribution in [0.4, 0.5) is 0 Å². The zero-order valence-electron chi connectivity index (χ0n) is 12.1. The number of benzene rings is 1. The van der Waals surface area contributed by atoms with Crippen molar-refractivity contribution >= 4 is 11.9 Å². The Hall–Kier alpha value is -2.24. The average molecular weight is 293 g/mol. The molecule has 0 aromatic heterocycles. The standard InChI is InChI=1S/C15H19NO5/c1-10(21-13-7-5-12(20-2)6-8-13)15(19)16(9-14(17)18)11-3-4-11/h5-8,10-11H,3-4,9H2,1-2H3,(H,17,18). The van der Waals surface area contributed by atoms with Crippen LogP contribution in [0.1, 0.15) is 19.8 Å². The largest absolute Gasteiger partial charge is 0.497 e. The summed E-state index contributed by atoms with van der Waals surface area (Å²) in [6.07, 6.45) is 0.987. The molecule has 1 saturated carbocycles. The maximum Gasteiger partial charge on any atom is 0.323 e. The molecule has 6 nitrogen and oxygen atoms in total. The van der Waals surface area contributed by atoms with E-state index in [0.29, 0.717) is 11.5 Å². The predicted molar refractivity (Wildman–Crippen MR) is 75.5 cm³/mol. The Morgan fingerprint density at radius 2 is 1.86 bits per heavy atom. The molecule has 0 aliphatic heterocycles. The summed E-state index contributed by atoms with van der Waals surface area (Å²) in [7, 11) is 1.57. The van der Waals surface area contributed by atoms with Gasteiger partial charge < -0.3 is 19.5 Å². The van der Waals surface area contributed by atoms with E-state index in [0.717, 1.165) is 12.8 Å². The van der Waals surface area contributed by atoms with E-state index in [9.17, 15) is 9.59 Å². The average Bonchev–Trinajstić information content (AvgIpc) is 3.29. The molecule has 1 fully saturated rings. The number of amides is 1. The van der Waals surface area contributed by atoms with Gasteiger partial charge in [0.15, 0.2) is 6.10 Å². The summed E-state index contributed by atoms with van der Waals surface area (Å²) in [4.78, 5) is 24.5. The SMILES string of the molecule is COc1ccc(OC(C)C(=O)N(CC(=O)O)C2CC2)cc1. The molecule has 1 unspecified atom stereocenters. The molecular weight excluding hydrogens is 274 g/mol. The maximum absolute atomic E-state index is 12.3. The second kappa shape index (κ2) is 6.47. The van der Waals surface area contributed by atoms with Crippen LogP contribution in [0.25, 0.3) is 0 Å². The quantitative estimate of drug-likeness (QED) is 0.825. The highest BCUT2D eigenvalue weighted by molar-refractivity contribution is 5.85. The molecule has 0 spiro atoms. The molecule has 21 heavy (non-hydrogen) atoms. The highest BCUT2D eigenvalue weighted by Crippen LogP contribution is 2.28. The number of rotatable bonds is 7. The Kier molecular flexibility index (Phi) is 4.67. The van der Waals surface area contributed by atoms with E-state index in [2.05, 4.69) is 0 Å². The lowest BCUT2D eigenvalue weighted by Gasteiger charge is -2.24. The Balaban J connectivity index is 1.98. The minimum atomic E-state index is -1.01. The van der Waals surface area contributed by atoms with Crippen LogP contribution in [0.15, 0.2) is 24.3 Å². The smallest absolute Gasteiger partial charge is 0.323 e. The van der Waals surface area contributed by atoms with Gasteiger partial charge in [-0.1, -0.05) is 0 Å². The minimum absolute atomic E-state index is 0.0375. The number of carbonyl (C=O) groups is 2. The number of aliphatic carboxylic acids is 1. The molecule has 114 valence electrons. The Labute approximate surface area is 123 Å². The van der Waals surface area contributed by atoms with Crippen LogP contribution >= 0.6 is 0 Å². The summed E-state index contributed by atoms with van der Waals surface area (Å²) in [5, 5.41) is 8.89. The van der Waals surface area contributed by atoms with Crippen molar-refractivity contribution < 1.29 is 24.2 Å². The van der Waals surface area contributed by atoms with Gasteiger partial charge in [0.1, 0.15) is 18.0 Å². The number of carbonyl (C=O) groups excluding carboxylic acids is 1. The molecule has 1 aliphatic rings. The molecule has 1 N–H and O–H groups in total. The zero-order valence-corrected chi connectivity index (χ0v) is 12.1. The van der Waals surface area contributed by atoms with Crippen molar-refractivity contribution in [3.05, 3.63) is 24.3 Å². The molecule has 2 rings (SSSR count). The first kappa shape index (κ1) is 15.2. The fourth-order valence-electron chi connectivity index (χ4n) is 2.06. The van der Waals surface area contributed by atoms with Gasteiger partial charge in [-0.15, -0.1) is 0 Å². The van der Waals surface area contributed by atoms with Gasteiger partial charge in [0, 0.05) is 6.04 Å². The second-order valence-electron chi connectivity index (χ2n) is 5.03. The van der Waals surface area contributed by atoms with Crippen LogP contribution < -0.4 is 9.47 Å². The first-order valence-corrected chi connectivity index (χ1v) is 6.84. The third-order valence-electron chi connectivity index (χ3n) is 3.30. The predicted octanol–water partition coefficient (Wildman–Crippen LogP) is 1.54. The second-order valence-corrected chi connectivity index (χ2v) is 5.03. The molecule has 0 saturated heterocycles. The number of carboxylic acids is 1. The van der Waals surface area contributed by atoms with Crippen LogP contribution in [0.2, 0.25) is 0 Å². The fraction of sp³-hybridized carbons (Fsp3) is 0.467. The summed E-state index contributed by atoms with van der Waals surface area (Å²) < 4.78 is 10.6. The van der Waals surface area contributed by atoms with Crippen LogP contribution in [0.3, 0.4) is 0 Å². The van der Waals surface area contributed by atoms with Gasteiger partial charge in [0.2, 0.25) is 0 Å². The molecule has 1 aromatic carbocycles. The summed E-state index contributed by atoms with van der Waals surface area (Å²) >= 11 is 0. The summed E-state index contributed by atoms with van der Waals surface area (Å²) in [5.74, 6) is -0.0582. The third-order valence-corrected chi connectivity index (χ3v) is 3.30. The van der Waals surface area contributed by atoms with Crippen molar-refractivity contribution in [3.63, 3.8) is 0 Å². The number of nitrogens with zero attached hydrogens (tertiary/aromatic N) is 1. The highest BCUT2D eigenvalue weighted by Gasteiger charge is 2.36. The number of hydrogen-bond donors (Lipinski definition) is 1. The lowest BCUT2D eigenvalue weighted by atomic mass is 10.3. The number of hydrogen-bond acceptors (Lipinski definition) is 4. The van der Waals surface area contributed by atoms with Gasteiger partial charge in [-0.25, -0.2) is 0 Å². The number of carboxylic acid groups (broad SMARTS) is 1. The van der Waals surface area contributed by atoms with Crippen LogP contribution in [-0.2, 0) is 9.59 Å². The number of ether oxygens (including phenoxy) is 2. The lowest BCUT2D eigenvalue weighted by molar-refractivity contribution is -0.148. The normalized spacial score (nSPS) is 15.1. The molecule has 1 aromatic rings. The summed E-state index contributed by atoms with van der Waals surface area (Å²) in [6.45, 7) is 1.35. The third kappa shape index (κ3) is 4.11. The molecular formula is C15H19NO5. The molecule has 0 bridgehead atoms. The Bertz CT molecular complexity index is 509.